The van der Waals surface area contributed by atoms with Crippen molar-refractivity contribution in [1.29, 1.82) is 0 Å². The number of fused-ring (bicyclic) bond motifs is 1. The van der Waals surface area contributed by atoms with Crippen LogP contribution in [0.25, 0.3) is 10.9 Å². The monoisotopic (exact) mass is 207 g/mol. The number of nitrogens with zero attached hydrogens (tertiary/aromatic N) is 4. The summed E-state index contributed by atoms with van der Waals surface area (Å²) < 4.78 is 1.45. The molecular formula is C8H9N5O2. The van der Waals surface area contributed by atoms with Crippen LogP contribution in [0.2, 0.25) is 0 Å². The number of hydrogen-bond acceptors (Lipinski definition) is 5. The molecule has 0 aliphatic carbocycles. The second kappa shape index (κ2) is 2.91. The summed E-state index contributed by atoms with van der Waals surface area (Å²) in [6.07, 6.45) is 1.15. The first-order valence-corrected chi connectivity index (χ1v) is 4.24. The molecule has 2 aromatic rings. The molecule has 0 radical (unpaired) electrons. The summed E-state index contributed by atoms with van der Waals surface area (Å²) in [7, 11) is 1.64. The average molecular weight is 207 g/mol. The highest BCUT2D eigenvalue weighted by molar-refractivity contribution is 5.96. The van der Waals surface area contributed by atoms with E-state index >= 15 is 0 Å². The first-order chi connectivity index (χ1) is 7.02. The molecule has 15 heavy (non-hydrogen) atoms. The summed E-state index contributed by atoms with van der Waals surface area (Å²) in [5, 5.41) is 15.4. The van der Waals surface area contributed by atoms with Crippen LogP contribution in [0.3, 0.4) is 0 Å². The molecule has 0 bridgehead atoms. The van der Waals surface area contributed by atoms with E-state index in [9.17, 15) is 10.1 Å². The number of anilines is 1. The zero-order valence-corrected chi connectivity index (χ0v) is 8.26. The third-order valence-corrected chi connectivity index (χ3v) is 2.24. The van der Waals surface area contributed by atoms with E-state index in [-0.39, 0.29) is 11.5 Å². The van der Waals surface area contributed by atoms with Crippen molar-refractivity contribution >= 4 is 22.4 Å². The van der Waals surface area contributed by atoms with E-state index in [2.05, 4.69) is 10.1 Å². The molecule has 0 aliphatic heterocycles. The van der Waals surface area contributed by atoms with Gasteiger partial charge in [0.1, 0.15) is 12.0 Å². The van der Waals surface area contributed by atoms with Crippen LogP contribution in [0.1, 0.15) is 5.69 Å². The second-order valence-electron chi connectivity index (χ2n) is 3.22. The highest BCUT2D eigenvalue weighted by atomic mass is 16.6. The van der Waals surface area contributed by atoms with Crippen molar-refractivity contribution in [3.63, 3.8) is 0 Å². The third-order valence-electron chi connectivity index (χ3n) is 2.24. The van der Waals surface area contributed by atoms with Crippen molar-refractivity contribution in [3.05, 3.63) is 22.0 Å². The molecule has 0 saturated heterocycles. The lowest BCUT2D eigenvalue weighted by Gasteiger charge is -1.98. The molecule has 0 amide bonds. The summed E-state index contributed by atoms with van der Waals surface area (Å²) in [4.78, 5) is 14.1. The molecule has 78 valence electrons. The smallest absolute Gasteiger partial charge is 0.313 e. The van der Waals surface area contributed by atoms with Crippen LogP contribution in [0.15, 0.2) is 6.20 Å². The van der Waals surface area contributed by atoms with Crippen molar-refractivity contribution in [1.82, 2.24) is 14.8 Å². The summed E-state index contributed by atoms with van der Waals surface area (Å²) >= 11 is 0. The van der Waals surface area contributed by atoms with E-state index in [1.54, 1.807) is 14.0 Å². The summed E-state index contributed by atoms with van der Waals surface area (Å²) in [5.74, 6) is 0.265. The maximum absolute atomic E-state index is 10.8. The summed E-state index contributed by atoms with van der Waals surface area (Å²) in [6, 6.07) is 0. The third kappa shape index (κ3) is 1.20. The van der Waals surface area contributed by atoms with Crippen molar-refractivity contribution in [2.75, 3.05) is 5.73 Å². The van der Waals surface area contributed by atoms with Gasteiger partial charge in [-0.15, -0.1) is 0 Å². The number of nitrogen functional groups attached to an aromatic ring is 1. The fourth-order valence-electron chi connectivity index (χ4n) is 1.65. The number of nitrogens with two attached hydrogens (primary N) is 1. The number of hydrogen-bond donors (Lipinski definition) is 1. The standard InChI is InChI=1S/C8H9N5O2/c1-4-6-7(12(2)11-4)5(13(14)15)3-10-8(6)9/h3H,1-2H3,(H2,9,10). The SMILES string of the molecule is Cc1nn(C)c2c([N+](=O)[O-])cnc(N)c12. The van der Waals surface area contributed by atoms with Crippen LogP contribution in [0.5, 0.6) is 0 Å². The van der Waals surface area contributed by atoms with E-state index in [1.807, 2.05) is 0 Å². The number of aryl methyl sites for hydroxylation is 2. The zero-order valence-electron chi connectivity index (χ0n) is 8.26. The van der Waals surface area contributed by atoms with Crippen molar-refractivity contribution < 1.29 is 4.92 Å². The number of rotatable bonds is 1. The normalized spacial score (nSPS) is 10.8. The average Bonchev–Trinajstić information content (AvgIpc) is 2.43. The summed E-state index contributed by atoms with van der Waals surface area (Å²) in [5.41, 5.74) is 6.62. The Morgan fingerprint density at radius 1 is 1.60 bits per heavy atom. The van der Waals surface area contributed by atoms with E-state index in [1.165, 1.54) is 4.68 Å². The molecule has 0 aromatic carbocycles. The zero-order chi connectivity index (χ0) is 11.2. The van der Waals surface area contributed by atoms with E-state index < -0.39 is 4.92 Å². The van der Waals surface area contributed by atoms with E-state index in [0.717, 1.165) is 6.20 Å². The van der Waals surface area contributed by atoms with Crippen LogP contribution in [0, 0.1) is 17.0 Å². The Bertz CT molecular complexity index is 560. The van der Waals surface area contributed by atoms with Gasteiger partial charge in [0.25, 0.3) is 0 Å². The van der Waals surface area contributed by atoms with Gasteiger partial charge < -0.3 is 5.73 Å². The van der Waals surface area contributed by atoms with Gasteiger partial charge in [-0.1, -0.05) is 0 Å². The van der Waals surface area contributed by atoms with E-state index in [0.29, 0.717) is 16.6 Å². The second-order valence-corrected chi connectivity index (χ2v) is 3.22. The lowest BCUT2D eigenvalue weighted by molar-refractivity contribution is -0.383. The molecule has 2 rings (SSSR count). The fourth-order valence-corrected chi connectivity index (χ4v) is 1.65. The lowest BCUT2D eigenvalue weighted by atomic mass is 10.2. The van der Waals surface area contributed by atoms with Crippen molar-refractivity contribution in [3.8, 4) is 0 Å². The minimum Gasteiger partial charge on any atom is -0.383 e. The van der Waals surface area contributed by atoms with Crippen LogP contribution in [-0.4, -0.2) is 19.7 Å². The quantitative estimate of drug-likeness (QED) is 0.549. The van der Waals surface area contributed by atoms with Gasteiger partial charge in [0, 0.05) is 7.05 Å². The number of pyridine rings is 1. The Kier molecular flexibility index (Phi) is 1.82. The molecule has 0 atom stereocenters. The van der Waals surface area contributed by atoms with Gasteiger partial charge in [0.15, 0.2) is 5.52 Å². The predicted octanol–water partition coefficient (Wildman–Crippen LogP) is 0.767. The molecular weight excluding hydrogens is 198 g/mol. The highest BCUT2D eigenvalue weighted by Gasteiger charge is 2.20. The molecule has 7 nitrogen and oxygen atoms in total. The summed E-state index contributed by atoms with van der Waals surface area (Å²) in [6.45, 7) is 1.74. The van der Waals surface area contributed by atoms with Gasteiger partial charge in [0.2, 0.25) is 0 Å². The predicted molar refractivity (Wildman–Crippen MR) is 54.3 cm³/mol. The maximum atomic E-state index is 10.8. The van der Waals surface area contributed by atoms with E-state index in [4.69, 9.17) is 5.73 Å². The maximum Gasteiger partial charge on any atom is 0.313 e. The molecule has 0 saturated carbocycles. The Morgan fingerprint density at radius 3 is 2.87 bits per heavy atom. The van der Waals surface area contributed by atoms with Gasteiger partial charge in [-0.05, 0) is 6.92 Å². The molecule has 0 unspecified atom stereocenters. The van der Waals surface area contributed by atoms with Crippen molar-refractivity contribution in [2.24, 2.45) is 7.05 Å². The molecule has 0 aliphatic rings. The van der Waals surface area contributed by atoms with Crippen LogP contribution < -0.4 is 5.73 Å². The lowest BCUT2D eigenvalue weighted by Crippen LogP contribution is -1.98. The minimum absolute atomic E-state index is 0.0812. The Balaban J connectivity index is 2.98. The molecule has 2 heterocycles. The minimum atomic E-state index is -0.490. The first kappa shape index (κ1) is 9.38. The van der Waals surface area contributed by atoms with Gasteiger partial charge in [0.05, 0.1) is 16.0 Å². The highest BCUT2D eigenvalue weighted by Crippen LogP contribution is 2.29. The Morgan fingerprint density at radius 2 is 2.27 bits per heavy atom. The van der Waals surface area contributed by atoms with Crippen LogP contribution >= 0.6 is 0 Å². The number of nitro groups is 1. The molecule has 2 N–H and O–H groups in total. The number of aromatic nitrogens is 3. The Labute approximate surface area is 84.7 Å². The molecule has 0 fully saturated rings. The molecule has 2 aromatic heterocycles. The fraction of sp³-hybridized carbons (Fsp3) is 0.250. The largest absolute Gasteiger partial charge is 0.383 e. The topological polar surface area (TPSA) is 99.9 Å². The van der Waals surface area contributed by atoms with Gasteiger partial charge in [-0.3, -0.25) is 14.8 Å². The van der Waals surface area contributed by atoms with Crippen LogP contribution in [0.4, 0.5) is 11.5 Å². The van der Waals surface area contributed by atoms with Crippen LogP contribution in [-0.2, 0) is 7.05 Å². The molecule has 7 heteroatoms. The first-order valence-electron chi connectivity index (χ1n) is 4.24. The Hall–Kier alpha value is -2.18. The van der Waals surface area contributed by atoms with Gasteiger partial charge in [-0.25, -0.2) is 4.98 Å². The van der Waals surface area contributed by atoms with Gasteiger partial charge >= 0.3 is 5.69 Å². The molecule has 0 spiro atoms. The van der Waals surface area contributed by atoms with Gasteiger partial charge in [-0.2, -0.15) is 5.10 Å². The van der Waals surface area contributed by atoms with Crippen molar-refractivity contribution in [2.45, 2.75) is 6.92 Å².